The van der Waals surface area contributed by atoms with Gasteiger partial charge in [-0.1, -0.05) is 31.6 Å². The van der Waals surface area contributed by atoms with Crippen molar-refractivity contribution < 1.29 is 13.2 Å². The number of nitrogens with two attached hydrogens (primary N) is 1. The van der Waals surface area contributed by atoms with Gasteiger partial charge in [0.1, 0.15) is 5.82 Å². The van der Waals surface area contributed by atoms with Crippen LogP contribution < -0.4 is 11.0 Å². The third-order valence-corrected chi connectivity index (χ3v) is 5.95. The molecule has 3 heterocycles. The number of fused-ring (bicyclic) bond motifs is 1. The average molecular weight is 453 g/mol. The number of allylic oxidation sites excluding steroid dienone is 4. The molecule has 2 aromatic heterocycles. The first-order valence-electron chi connectivity index (χ1n) is 10.6. The highest BCUT2D eigenvalue weighted by atomic mass is 31.0. The van der Waals surface area contributed by atoms with Crippen molar-refractivity contribution in [3.63, 3.8) is 0 Å². The van der Waals surface area contributed by atoms with E-state index in [-0.39, 0.29) is 6.42 Å². The van der Waals surface area contributed by atoms with Gasteiger partial charge in [-0.3, -0.25) is 4.68 Å². The van der Waals surface area contributed by atoms with E-state index in [2.05, 4.69) is 19.3 Å². The molecule has 2 aromatic rings. The van der Waals surface area contributed by atoms with E-state index in [1.54, 1.807) is 25.3 Å². The predicted octanol–water partition coefficient (Wildman–Crippen LogP) is 5.63. The number of anilines is 1. The van der Waals surface area contributed by atoms with Crippen molar-refractivity contribution >= 4 is 25.9 Å². The molecule has 0 aromatic carbocycles. The molecule has 170 valence electrons. The zero-order chi connectivity index (χ0) is 23.0. The van der Waals surface area contributed by atoms with Crippen molar-refractivity contribution in [2.24, 2.45) is 5.92 Å². The van der Waals surface area contributed by atoms with Crippen molar-refractivity contribution in [3.05, 3.63) is 53.5 Å². The van der Waals surface area contributed by atoms with E-state index in [0.717, 1.165) is 42.4 Å². The molecule has 0 aliphatic carbocycles. The van der Waals surface area contributed by atoms with Crippen LogP contribution in [0.25, 0.3) is 5.57 Å². The molecule has 0 spiro atoms. The van der Waals surface area contributed by atoms with Gasteiger partial charge in [0.05, 0.1) is 11.6 Å². The van der Waals surface area contributed by atoms with Gasteiger partial charge in [-0.15, -0.1) is 9.24 Å². The highest BCUT2D eigenvalue weighted by Gasteiger charge is 2.37. The number of hydrogen-bond donors (Lipinski definition) is 1. The first kappa shape index (κ1) is 25.1. The van der Waals surface area contributed by atoms with E-state index in [1.165, 1.54) is 6.08 Å². The van der Waals surface area contributed by atoms with Crippen molar-refractivity contribution in [2.75, 3.05) is 5.73 Å². The zero-order valence-electron chi connectivity index (χ0n) is 18.4. The van der Waals surface area contributed by atoms with Crippen LogP contribution in [-0.4, -0.2) is 20.9 Å². The number of alkyl halides is 3. The molecule has 0 bridgehead atoms. The standard InChI is InChI=1S/C17H23F3N2.C6H9N2P/c1-3-7-13(11-14(8-4-2)17(18,19)20)16-12-15-9-5-6-10-22(15)21-16;1-4-2-3-8-6(7)5(4)9/h3,7,11-12,14H,4-6,8-10H2,1-2H3;2-3H,9H2,1H3,(H2,7,8)/b7-3-,13-11+;. The summed E-state index contributed by atoms with van der Waals surface area (Å²) in [5, 5.41) is 5.49. The molecule has 8 heteroatoms. The van der Waals surface area contributed by atoms with Crippen LogP contribution in [0, 0.1) is 12.8 Å². The van der Waals surface area contributed by atoms with Gasteiger partial charge in [0.15, 0.2) is 0 Å². The molecule has 2 N–H and O–H groups in total. The zero-order valence-corrected chi connectivity index (χ0v) is 19.6. The fraction of sp³-hybridized carbons (Fsp3) is 0.478. The Morgan fingerprint density at radius 3 is 2.65 bits per heavy atom. The number of hydrogen-bond acceptors (Lipinski definition) is 3. The summed E-state index contributed by atoms with van der Waals surface area (Å²) in [6, 6.07) is 3.86. The number of nitrogen functional groups attached to an aromatic ring is 1. The molecule has 0 fully saturated rings. The van der Waals surface area contributed by atoms with Gasteiger partial charge in [0.2, 0.25) is 0 Å². The number of halogens is 3. The maximum Gasteiger partial charge on any atom is 0.395 e. The van der Waals surface area contributed by atoms with Crippen LogP contribution in [0.2, 0.25) is 0 Å². The molecule has 2 atom stereocenters. The minimum absolute atomic E-state index is 0.109. The average Bonchev–Trinajstić information content (AvgIpc) is 3.15. The van der Waals surface area contributed by atoms with Crippen molar-refractivity contribution in [1.29, 1.82) is 0 Å². The smallest absolute Gasteiger partial charge is 0.383 e. The van der Waals surface area contributed by atoms with Gasteiger partial charge in [-0.25, -0.2) is 4.98 Å². The van der Waals surface area contributed by atoms with Gasteiger partial charge >= 0.3 is 6.18 Å². The van der Waals surface area contributed by atoms with Crippen LogP contribution in [0.4, 0.5) is 19.0 Å². The van der Waals surface area contributed by atoms with Crippen LogP contribution in [0.3, 0.4) is 0 Å². The second-order valence-electron chi connectivity index (χ2n) is 7.69. The lowest BCUT2D eigenvalue weighted by Crippen LogP contribution is -2.21. The van der Waals surface area contributed by atoms with E-state index in [0.29, 0.717) is 23.5 Å². The number of pyridine rings is 1. The second kappa shape index (κ2) is 11.5. The van der Waals surface area contributed by atoms with Crippen LogP contribution in [-0.2, 0) is 13.0 Å². The maximum atomic E-state index is 13.2. The Hall–Kier alpha value is -2.14. The SMILES string of the molecule is C/C=C\C(=C/C(CCC)C(F)(F)F)c1cc2n(n1)CCCC2.Cc1ccnc(N)c1P. The summed E-state index contributed by atoms with van der Waals surface area (Å²) in [5.74, 6) is -0.817. The molecule has 0 saturated carbocycles. The first-order chi connectivity index (χ1) is 14.7. The molecule has 0 radical (unpaired) electrons. The molecule has 1 aliphatic heterocycles. The van der Waals surface area contributed by atoms with Gasteiger partial charge in [0, 0.05) is 23.7 Å². The Labute approximate surface area is 185 Å². The fourth-order valence-electron chi connectivity index (χ4n) is 3.42. The minimum Gasteiger partial charge on any atom is -0.383 e. The van der Waals surface area contributed by atoms with Gasteiger partial charge in [0.25, 0.3) is 0 Å². The number of rotatable bonds is 5. The molecule has 3 rings (SSSR count). The van der Waals surface area contributed by atoms with E-state index in [4.69, 9.17) is 5.73 Å². The van der Waals surface area contributed by atoms with Gasteiger partial charge in [-0.05, 0) is 62.8 Å². The number of nitrogens with zero attached hydrogens (tertiary/aromatic N) is 3. The van der Waals surface area contributed by atoms with Crippen LogP contribution in [0.15, 0.2) is 36.6 Å². The van der Waals surface area contributed by atoms with Crippen molar-refractivity contribution in [2.45, 2.75) is 65.6 Å². The van der Waals surface area contributed by atoms with Crippen LogP contribution in [0.5, 0.6) is 0 Å². The normalized spacial score (nSPS) is 15.4. The van der Waals surface area contributed by atoms with E-state index >= 15 is 0 Å². The third kappa shape index (κ3) is 7.20. The molecule has 0 saturated heterocycles. The molecule has 1 aliphatic rings. The van der Waals surface area contributed by atoms with Gasteiger partial charge < -0.3 is 5.73 Å². The largest absolute Gasteiger partial charge is 0.395 e. The summed E-state index contributed by atoms with van der Waals surface area (Å²) in [5.41, 5.74) is 8.99. The summed E-state index contributed by atoms with van der Waals surface area (Å²) in [4.78, 5) is 3.90. The highest BCUT2D eigenvalue weighted by molar-refractivity contribution is 7.28. The number of aromatic nitrogens is 3. The van der Waals surface area contributed by atoms with E-state index in [9.17, 15) is 13.2 Å². The molecule has 2 unspecified atom stereocenters. The Kier molecular flexibility index (Phi) is 9.30. The Balaban J connectivity index is 0.000000316. The number of aryl methyl sites for hydroxylation is 3. The summed E-state index contributed by atoms with van der Waals surface area (Å²) < 4.78 is 41.4. The monoisotopic (exact) mass is 452 g/mol. The van der Waals surface area contributed by atoms with Crippen molar-refractivity contribution in [1.82, 2.24) is 14.8 Å². The first-order valence-corrected chi connectivity index (χ1v) is 11.2. The lowest BCUT2D eigenvalue weighted by Gasteiger charge is -2.17. The molecule has 4 nitrogen and oxygen atoms in total. The quantitative estimate of drug-likeness (QED) is 0.473. The van der Waals surface area contributed by atoms with Crippen molar-refractivity contribution in [3.8, 4) is 0 Å². The third-order valence-electron chi connectivity index (χ3n) is 5.20. The lowest BCUT2D eigenvalue weighted by molar-refractivity contribution is -0.162. The maximum absolute atomic E-state index is 13.2. The highest BCUT2D eigenvalue weighted by Crippen LogP contribution is 2.34. The van der Waals surface area contributed by atoms with Crippen LogP contribution >= 0.6 is 9.24 Å². The second-order valence-corrected chi connectivity index (χ2v) is 8.26. The molecule has 31 heavy (non-hydrogen) atoms. The summed E-state index contributed by atoms with van der Waals surface area (Å²) in [6.45, 7) is 6.44. The van der Waals surface area contributed by atoms with E-state index < -0.39 is 12.1 Å². The fourth-order valence-corrected chi connectivity index (χ4v) is 3.60. The molecular weight excluding hydrogens is 420 g/mol. The van der Waals surface area contributed by atoms with E-state index in [1.807, 2.05) is 30.7 Å². The minimum atomic E-state index is -4.21. The Morgan fingerprint density at radius 1 is 1.35 bits per heavy atom. The molecular formula is C23H32F3N4P. The summed E-state index contributed by atoms with van der Waals surface area (Å²) >= 11 is 0. The summed E-state index contributed by atoms with van der Waals surface area (Å²) in [7, 11) is 2.56. The summed E-state index contributed by atoms with van der Waals surface area (Å²) in [6.07, 6.45) is 6.09. The lowest BCUT2D eigenvalue weighted by atomic mass is 9.98. The van der Waals surface area contributed by atoms with Crippen LogP contribution in [0.1, 0.15) is 56.5 Å². The predicted molar refractivity (Wildman–Crippen MR) is 125 cm³/mol. The topological polar surface area (TPSA) is 56.7 Å². The van der Waals surface area contributed by atoms with Gasteiger partial charge in [-0.2, -0.15) is 18.3 Å². The molecule has 0 amide bonds. The Morgan fingerprint density at radius 2 is 2.10 bits per heavy atom. The Bertz CT molecular complexity index is 872.